The lowest BCUT2D eigenvalue weighted by Gasteiger charge is -2.26. The Hall–Kier alpha value is -3.12. The van der Waals surface area contributed by atoms with Gasteiger partial charge in [-0.25, -0.2) is 4.39 Å². The minimum Gasteiger partial charge on any atom is -0.494 e. The van der Waals surface area contributed by atoms with E-state index in [0.717, 1.165) is 6.07 Å². The molecule has 3 rings (SSSR count). The Balaban J connectivity index is 1.82. The third-order valence-corrected chi connectivity index (χ3v) is 3.82. The third kappa shape index (κ3) is 3.39. The van der Waals surface area contributed by atoms with Crippen molar-refractivity contribution in [1.29, 1.82) is 5.26 Å². The Morgan fingerprint density at radius 2 is 2.24 bits per heavy atom. The molecule has 1 saturated heterocycles. The van der Waals surface area contributed by atoms with Crippen LogP contribution in [0.4, 0.5) is 16.0 Å². The fourth-order valence-electron chi connectivity index (χ4n) is 2.52. The van der Waals surface area contributed by atoms with Gasteiger partial charge in [-0.15, -0.1) is 0 Å². The molecule has 0 atom stereocenters. The van der Waals surface area contributed by atoms with E-state index >= 15 is 0 Å². The summed E-state index contributed by atoms with van der Waals surface area (Å²) in [6.45, 7) is 2.33. The van der Waals surface area contributed by atoms with E-state index in [0.29, 0.717) is 32.1 Å². The van der Waals surface area contributed by atoms with Gasteiger partial charge in [0.1, 0.15) is 17.5 Å². The summed E-state index contributed by atoms with van der Waals surface area (Å²) in [5, 5.41) is 18.8. The molecule has 0 aliphatic carbocycles. The predicted molar refractivity (Wildman–Crippen MR) is 87.2 cm³/mol. The van der Waals surface area contributed by atoms with E-state index in [2.05, 4.69) is 21.6 Å². The van der Waals surface area contributed by atoms with E-state index in [-0.39, 0.29) is 22.7 Å². The number of rotatable bonds is 4. The molecule has 0 unspecified atom stereocenters. The molecule has 1 aliphatic heterocycles. The van der Waals surface area contributed by atoms with Crippen LogP contribution in [0.25, 0.3) is 0 Å². The van der Waals surface area contributed by atoms with E-state index < -0.39 is 11.7 Å². The summed E-state index contributed by atoms with van der Waals surface area (Å²) in [4.78, 5) is 14.3. The number of aromatic nitrogens is 2. The van der Waals surface area contributed by atoms with Crippen LogP contribution in [0.2, 0.25) is 0 Å². The van der Waals surface area contributed by atoms with Gasteiger partial charge in [0.05, 0.1) is 20.3 Å². The number of nitriles is 1. The van der Waals surface area contributed by atoms with Crippen molar-refractivity contribution in [1.82, 2.24) is 10.2 Å². The van der Waals surface area contributed by atoms with Gasteiger partial charge in [-0.2, -0.15) is 10.4 Å². The molecule has 1 amide bonds. The molecule has 25 heavy (non-hydrogen) atoms. The normalized spacial score (nSPS) is 14.0. The van der Waals surface area contributed by atoms with Crippen LogP contribution in [0.3, 0.4) is 0 Å². The second-order valence-electron chi connectivity index (χ2n) is 5.31. The Labute approximate surface area is 143 Å². The van der Waals surface area contributed by atoms with Crippen molar-refractivity contribution in [3.8, 4) is 11.8 Å². The second kappa shape index (κ2) is 7.19. The lowest BCUT2D eigenvalue weighted by Crippen LogP contribution is -2.36. The average Bonchev–Trinajstić information content (AvgIpc) is 3.05. The van der Waals surface area contributed by atoms with Crippen molar-refractivity contribution in [3.63, 3.8) is 0 Å². The smallest absolute Gasteiger partial charge is 0.256 e. The summed E-state index contributed by atoms with van der Waals surface area (Å²) in [5.74, 6) is -0.443. The highest BCUT2D eigenvalue weighted by atomic mass is 19.1. The third-order valence-electron chi connectivity index (χ3n) is 3.82. The van der Waals surface area contributed by atoms with Crippen molar-refractivity contribution in [2.24, 2.45) is 0 Å². The first-order chi connectivity index (χ1) is 12.1. The van der Waals surface area contributed by atoms with E-state index in [4.69, 9.17) is 9.47 Å². The molecule has 1 aromatic carbocycles. The quantitative estimate of drug-likeness (QED) is 0.871. The molecule has 1 aromatic heterocycles. The molecule has 130 valence electrons. The summed E-state index contributed by atoms with van der Waals surface area (Å²) in [7, 11) is 1.32. The predicted octanol–water partition coefficient (Wildman–Crippen LogP) is 1.52. The van der Waals surface area contributed by atoms with Gasteiger partial charge in [-0.1, -0.05) is 0 Å². The van der Waals surface area contributed by atoms with Crippen LogP contribution in [0.15, 0.2) is 18.2 Å². The lowest BCUT2D eigenvalue weighted by molar-refractivity contribution is 0.102. The highest BCUT2D eigenvalue weighted by molar-refractivity contribution is 6.05. The molecule has 2 aromatic rings. The van der Waals surface area contributed by atoms with Gasteiger partial charge in [0.15, 0.2) is 17.4 Å². The van der Waals surface area contributed by atoms with Crippen LogP contribution in [0.5, 0.6) is 5.75 Å². The highest BCUT2D eigenvalue weighted by Gasteiger charge is 2.22. The first-order valence-corrected chi connectivity index (χ1v) is 7.60. The molecule has 0 saturated carbocycles. The molecule has 2 N–H and O–H groups in total. The van der Waals surface area contributed by atoms with Gasteiger partial charge < -0.3 is 19.7 Å². The fraction of sp³-hybridized carbons (Fsp3) is 0.312. The zero-order chi connectivity index (χ0) is 17.8. The maximum atomic E-state index is 13.5. The number of halogens is 1. The van der Waals surface area contributed by atoms with E-state index in [1.54, 1.807) is 0 Å². The van der Waals surface area contributed by atoms with Crippen LogP contribution in [0.1, 0.15) is 15.9 Å². The maximum Gasteiger partial charge on any atom is 0.256 e. The Morgan fingerprint density at radius 3 is 2.92 bits per heavy atom. The molecular formula is C16H16FN5O3. The largest absolute Gasteiger partial charge is 0.494 e. The van der Waals surface area contributed by atoms with E-state index in [9.17, 15) is 14.4 Å². The number of nitrogens with one attached hydrogen (secondary N) is 2. The number of anilines is 2. The minimum absolute atomic E-state index is 0.0354. The number of hydrogen-bond acceptors (Lipinski definition) is 6. The first-order valence-electron chi connectivity index (χ1n) is 7.60. The number of hydrogen-bond donors (Lipinski definition) is 2. The van der Waals surface area contributed by atoms with Crippen LogP contribution < -0.4 is 15.0 Å². The van der Waals surface area contributed by atoms with Crippen LogP contribution in [-0.4, -0.2) is 49.5 Å². The van der Waals surface area contributed by atoms with Crippen LogP contribution in [0, 0.1) is 17.1 Å². The first kappa shape index (κ1) is 16.7. The average molecular weight is 345 g/mol. The molecule has 0 spiro atoms. The van der Waals surface area contributed by atoms with Gasteiger partial charge in [0.2, 0.25) is 0 Å². The van der Waals surface area contributed by atoms with Gasteiger partial charge in [0.25, 0.3) is 5.91 Å². The molecule has 1 aliphatic rings. The number of aromatic amines is 1. The lowest BCUT2D eigenvalue weighted by atomic mass is 10.2. The topological polar surface area (TPSA) is 103 Å². The molecule has 0 bridgehead atoms. The zero-order valence-electron chi connectivity index (χ0n) is 13.5. The van der Waals surface area contributed by atoms with Crippen molar-refractivity contribution in [2.45, 2.75) is 0 Å². The van der Waals surface area contributed by atoms with E-state index in [1.165, 1.54) is 19.2 Å². The summed E-state index contributed by atoms with van der Waals surface area (Å²) in [6, 6.07) is 5.82. The Kier molecular flexibility index (Phi) is 4.81. The maximum absolute atomic E-state index is 13.5. The minimum atomic E-state index is -0.562. The fourth-order valence-corrected chi connectivity index (χ4v) is 2.52. The molecule has 2 heterocycles. The summed E-state index contributed by atoms with van der Waals surface area (Å²) < 4.78 is 23.6. The number of methoxy groups -OCH3 is 1. The van der Waals surface area contributed by atoms with Gasteiger partial charge in [-0.3, -0.25) is 9.89 Å². The summed E-state index contributed by atoms with van der Waals surface area (Å²) >= 11 is 0. The number of H-pyrrole nitrogens is 1. The molecule has 9 heteroatoms. The number of carbonyl (C=O) groups is 1. The molecule has 8 nitrogen and oxygen atoms in total. The van der Waals surface area contributed by atoms with Crippen molar-refractivity contribution < 1.29 is 18.7 Å². The number of nitrogens with zero attached hydrogens (tertiary/aromatic N) is 3. The SMILES string of the molecule is COc1cc(C(=O)Nc2[nH]nc(N3CCOCC3)c2C#N)ccc1F. The van der Waals surface area contributed by atoms with Crippen LogP contribution in [-0.2, 0) is 4.74 Å². The second-order valence-corrected chi connectivity index (χ2v) is 5.31. The van der Waals surface area contributed by atoms with Crippen LogP contribution >= 0.6 is 0 Å². The highest BCUT2D eigenvalue weighted by Crippen LogP contribution is 2.25. The number of carbonyl (C=O) groups excluding carboxylic acids is 1. The number of amides is 1. The van der Waals surface area contributed by atoms with Gasteiger partial charge in [-0.05, 0) is 18.2 Å². The number of morpholine rings is 1. The molecular weight excluding hydrogens is 329 g/mol. The standard InChI is InChI=1S/C16H16FN5O3/c1-24-13-8-10(2-3-12(13)17)16(23)19-14-11(9-18)15(21-20-14)22-4-6-25-7-5-22/h2-3,8H,4-7H2,1H3,(H2,19,20,21,23). The summed E-state index contributed by atoms with van der Waals surface area (Å²) in [6.07, 6.45) is 0. The van der Waals surface area contributed by atoms with Crippen molar-refractivity contribution in [3.05, 3.63) is 35.1 Å². The van der Waals surface area contributed by atoms with Gasteiger partial charge in [0, 0.05) is 18.7 Å². The Morgan fingerprint density at radius 1 is 1.48 bits per heavy atom. The number of benzene rings is 1. The van der Waals surface area contributed by atoms with Gasteiger partial charge >= 0.3 is 0 Å². The monoisotopic (exact) mass is 345 g/mol. The molecule has 1 fully saturated rings. The summed E-state index contributed by atoms with van der Waals surface area (Å²) in [5.41, 5.74) is 0.439. The van der Waals surface area contributed by atoms with Crippen molar-refractivity contribution >= 4 is 17.5 Å². The zero-order valence-corrected chi connectivity index (χ0v) is 13.5. The Bertz CT molecular complexity index is 824. The van der Waals surface area contributed by atoms with Crippen molar-refractivity contribution in [2.75, 3.05) is 43.6 Å². The van der Waals surface area contributed by atoms with E-state index in [1.807, 2.05) is 4.90 Å². The molecule has 0 radical (unpaired) electrons. The number of ether oxygens (including phenoxy) is 2.